The Labute approximate surface area is 124 Å². The van der Waals surface area contributed by atoms with Gasteiger partial charge in [0.25, 0.3) is 0 Å². The molecule has 0 atom stereocenters. The summed E-state index contributed by atoms with van der Waals surface area (Å²) >= 11 is 4.98. The average molecular weight is 338 g/mol. The van der Waals surface area contributed by atoms with E-state index in [-0.39, 0.29) is 5.56 Å². The molecule has 0 spiro atoms. The summed E-state index contributed by atoms with van der Waals surface area (Å²) < 4.78 is 0.978. The van der Waals surface area contributed by atoms with Crippen molar-refractivity contribution < 1.29 is 9.90 Å². The first-order valence-electron chi connectivity index (χ1n) is 5.55. The molecule has 0 radical (unpaired) electrons. The molecule has 0 aliphatic rings. The van der Waals surface area contributed by atoms with Crippen molar-refractivity contribution in [1.29, 1.82) is 0 Å². The Morgan fingerprint density at radius 2 is 2.00 bits per heavy atom. The maximum absolute atomic E-state index is 11.1. The van der Waals surface area contributed by atoms with Gasteiger partial charge in [0.1, 0.15) is 0 Å². The van der Waals surface area contributed by atoms with E-state index in [0.29, 0.717) is 5.69 Å². The van der Waals surface area contributed by atoms with Crippen LogP contribution in [0.15, 0.2) is 50.7 Å². The van der Waals surface area contributed by atoms with Crippen LogP contribution < -0.4 is 5.73 Å². The van der Waals surface area contributed by atoms with E-state index in [1.54, 1.807) is 6.07 Å². The number of nitrogens with two attached hydrogens (primary N) is 1. The minimum atomic E-state index is -1.00. The molecule has 0 aliphatic carbocycles. The summed E-state index contributed by atoms with van der Waals surface area (Å²) in [6.07, 6.45) is 0. The highest BCUT2D eigenvalue weighted by molar-refractivity contribution is 9.10. The van der Waals surface area contributed by atoms with Crippen molar-refractivity contribution in [2.45, 2.75) is 16.7 Å². The number of nitrogen functional groups attached to an aromatic ring is 1. The lowest BCUT2D eigenvalue weighted by molar-refractivity contribution is 0.0697. The fourth-order valence-corrected chi connectivity index (χ4v) is 3.16. The number of hydrogen-bond donors (Lipinski definition) is 2. The average Bonchev–Trinajstić information content (AvgIpc) is 2.36. The lowest BCUT2D eigenvalue weighted by atomic mass is 10.1. The number of anilines is 1. The second-order valence-corrected chi connectivity index (χ2v) is 6.01. The molecule has 2 aromatic carbocycles. The Hall–Kier alpha value is -1.46. The Morgan fingerprint density at radius 1 is 1.32 bits per heavy atom. The van der Waals surface area contributed by atoms with E-state index >= 15 is 0 Å². The third-order valence-electron chi connectivity index (χ3n) is 2.66. The van der Waals surface area contributed by atoms with Crippen LogP contribution in [0.1, 0.15) is 15.9 Å². The molecule has 3 N–H and O–H groups in total. The molecule has 5 heteroatoms. The van der Waals surface area contributed by atoms with E-state index in [9.17, 15) is 4.79 Å². The second kappa shape index (κ2) is 5.67. The summed E-state index contributed by atoms with van der Waals surface area (Å²) in [5, 5.41) is 9.14. The van der Waals surface area contributed by atoms with Crippen molar-refractivity contribution in [2.24, 2.45) is 0 Å². The highest BCUT2D eigenvalue weighted by Crippen LogP contribution is 2.35. The third kappa shape index (κ3) is 3.11. The molecule has 0 aromatic heterocycles. The molecule has 98 valence electrons. The Bertz CT molecular complexity index is 643. The Kier molecular flexibility index (Phi) is 4.17. The van der Waals surface area contributed by atoms with Crippen LogP contribution in [0.5, 0.6) is 0 Å². The maximum atomic E-state index is 11.1. The Morgan fingerprint density at radius 3 is 2.63 bits per heavy atom. The van der Waals surface area contributed by atoms with Gasteiger partial charge in [-0.3, -0.25) is 0 Å². The second-order valence-electron chi connectivity index (χ2n) is 4.04. The number of halogens is 1. The molecule has 0 bridgehead atoms. The SMILES string of the molecule is Cc1cc(Sc2ccccc2Br)cc(C(=O)O)c1N. The van der Waals surface area contributed by atoms with E-state index in [4.69, 9.17) is 10.8 Å². The summed E-state index contributed by atoms with van der Waals surface area (Å²) in [5.41, 5.74) is 7.02. The van der Waals surface area contributed by atoms with Gasteiger partial charge in [-0.1, -0.05) is 23.9 Å². The lowest BCUT2D eigenvalue weighted by Gasteiger charge is -2.09. The molecule has 0 aliphatic heterocycles. The van der Waals surface area contributed by atoms with Crippen molar-refractivity contribution in [3.63, 3.8) is 0 Å². The molecule has 0 saturated heterocycles. The van der Waals surface area contributed by atoms with Crippen LogP contribution in [0.2, 0.25) is 0 Å². The van der Waals surface area contributed by atoms with Crippen molar-refractivity contribution in [2.75, 3.05) is 5.73 Å². The number of aryl methyl sites for hydroxylation is 1. The molecule has 3 nitrogen and oxygen atoms in total. The molecule has 0 unspecified atom stereocenters. The number of rotatable bonds is 3. The van der Waals surface area contributed by atoms with Crippen LogP contribution in [-0.4, -0.2) is 11.1 Å². The Balaban J connectivity index is 2.42. The number of carbonyl (C=O) groups is 1. The molecule has 2 rings (SSSR count). The van der Waals surface area contributed by atoms with Crippen LogP contribution in [0.3, 0.4) is 0 Å². The van der Waals surface area contributed by atoms with Gasteiger partial charge in [-0.2, -0.15) is 0 Å². The summed E-state index contributed by atoms with van der Waals surface area (Å²) in [5.74, 6) is -1.00. The van der Waals surface area contributed by atoms with Crippen molar-refractivity contribution in [3.8, 4) is 0 Å². The van der Waals surface area contributed by atoms with Crippen LogP contribution in [0.25, 0.3) is 0 Å². The zero-order valence-electron chi connectivity index (χ0n) is 10.2. The van der Waals surface area contributed by atoms with E-state index in [1.165, 1.54) is 11.8 Å². The predicted octanol–water partition coefficient (Wildman–Crippen LogP) is 4.19. The number of carboxylic acid groups (broad SMARTS) is 1. The van der Waals surface area contributed by atoms with Gasteiger partial charge in [-0.05, 0) is 52.7 Å². The minimum absolute atomic E-state index is 0.148. The van der Waals surface area contributed by atoms with Gasteiger partial charge in [0.2, 0.25) is 0 Å². The van der Waals surface area contributed by atoms with Gasteiger partial charge < -0.3 is 10.8 Å². The third-order valence-corrected chi connectivity index (χ3v) is 4.66. The molecule has 0 heterocycles. The van der Waals surface area contributed by atoms with E-state index in [1.807, 2.05) is 37.3 Å². The first-order valence-corrected chi connectivity index (χ1v) is 7.16. The zero-order chi connectivity index (χ0) is 14.0. The zero-order valence-corrected chi connectivity index (χ0v) is 12.6. The number of hydrogen-bond acceptors (Lipinski definition) is 3. The number of benzene rings is 2. The topological polar surface area (TPSA) is 63.3 Å². The van der Waals surface area contributed by atoms with Crippen molar-refractivity contribution in [3.05, 3.63) is 52.0 Å². The van der Waals surface area contributed by atoms with Crippen LogP contribution >= 0.6 is 27.7 Å². The normalized spacial score (nSPS) is 10.4. The predicted molar refractivity (Wildman–Crippen MR) is 80.8 cm³/mol. The van der Waals surface area contributed by atoms with Gasteiger partial charge in [0, 0.05) is 20.0 Å². The molecule has 0 saturated carbocycles. The molecule has 0 amide bonds. The highest BCUT2D eigenvalue weighted by atomic mass is 79.9. The monoisotopic (exact) mass is 337 g/mol. The van der Waals surface area contributed by atoms with Crippen molar-refractivity contribution in [1.82, 2.24) is 0 Å². The summed E-state index contributed by atoms with van der Waals surface area (Å²) in [7, 11) is 0. The van der Waals surface area contributed by atoms with Gasteiger partial charge in [-0.25, -0.2) is 4.79 Å². The van der Waals surface area contributed by atoms with Crippen LogP contribution in [0, 0.1) is 6.92 Å². The van der Waals surface area contributed by atoms with Gasteiger partial charge in [-0.15, -0.1) is 0 Å². The van der Waals surface area contributed by atoms with Crippen LogP contribution in [0.4, 0.5) is 5.69 Å². The summed E-state index contributed by atoms with van der Waals surface area (Å²) in [6, 6.07) is 11.3. The molecule has 19 heavy (non-hydrogen) atoms. The van der Waals surface area contributed by atoms with Gasteiger partial charge in [0.15, 0.2) is 0 Å². The quantitative estimate of drug-likeness (QED) is 0.824. The first kappa shape index (κ1) is 14.0. The van der Waals surface area contributed by atoms with Gasteiger partial charge in [0.05, 0.1) is 5.56 Å². The minimum Gasteiger partial charge on any atom is -0.478 e. The fraction of sp³-hybridized carbons (Fsp3) is 0.0714. The van der Waals surface area contributed by atoms with E-state index in [2.05, 4.69) is 15.9 Å². The molecular weight excluding hydrogens is 326 g/mol. The first-order chi connectivity index (χ1) is 8.99. The summed E-state index contributed by atoms with van der Waals surface area (Å²) in [6.45, 7) is 1.81. The van der Waals surface area contributed by atoms with Gasteiger partial charge >= 0.3 is 5.97 Å². The standard InChI is InChI=1S/C14H12BrNO2S/c1-8-6-9(7-10(13(8)16)14(17)18)19-12-5-3-2-4-11(12)15/h2-7H,16H2,1H3,(H,17,18). The maximum Gasteiger partial charge on any atom is 0.337 e. The lowest BCUT2D eigenvalue weighted by Crippen LogP contribution is -2.04. The molecular formula is C14H12BrNO2S. The summed E-state index contributed by atoms with van der Waals surface area (Å²) in [4.78, 5) is 13.0. The number of aromatic carboxylic acids is 1. The van der Waals surface area contributed by atoms with Crippen molar-refractivity contribution >= 4 is 39.3 Å². The van der Waals surface area contributed by atoms with E-state index < -0.39 is 5.97 Å². The smallest absolute Gasteiger partial charge is 0.337 e. The molecule has 2 aromatic rings. The molecule has 0 fully saturated rings. The fourth-order valence-electron chi connectivity index (χ4n) is 1.66. The largest absolute Gasteiger partial charge is 0.478 e. The van der Waals surface area contributed by atoms with E-state index in [0.717, 1.165) is 19.8 Å². The number of carboxylic acids is 1. The van der Waals surface area contributed by atoms with Crippen LogP contribution in [-0.2, 0) is 0 Å². The highest BCUT2D eigenvalue weighted by Gasteiger charge is 2.12.